The van der Waals surface area contributed by atoms with E-state index in [0.29, 0.717) is 5.92 Å². The standard InChI is InChI=1S/C13H19NOS/c1-16-12-8-7-11(9-14-12)13(15)10-5-3-2-4-6-10/h7-10,13,15H,2-6H2,1H3. The summed E-state index contributed by atoms with van der Waals surface area (Å²) in [4.78, 5) is 4.32. The predicted molar refractivity (Wildman–Crippen MR) is 67.6 cm³/mol. The smallest absolute Gasteiger partial charge is 0.0957 e. The Hall–Kier alpha value is -0.540. The number of aromatic nitrogens is 1. The first kappa shape index (κ1) is 11.9. The fourth-order valence-electron chi connectivity index (χ4n) is 2.41. The van der Waals surface area contributed by atoms with Gasteiger partial charge in [-0.15, -0.1) is 11.8 Å². The number of thioether (sulfide) groups is 1. The molecule has 0 aromatic carbocycles. The monoisotopic (exact) mass is 237 g/mol. The molecule has 2 nitrogen and oxygen atoms in total. The molecule has 1 aliphatic rings. The minimum atomic E-state index is -0.316. The van der Waals surface area contributed by atoms with Crippen LogP contribution in [0.15, 0.2) is 23.4 Å². The topological polar surface area (TPSA) is 33.1 Å². The van der Waals surface area contributed by atoms with E-state index >= 15 is 0 Å². The molecule has 3 heteroatoms. The van der Waals surface area contributed by atoms with Crippen molar-refractivity contribution in [3.05, 3.63) is 23.9 Å². The zero-order valence-electron chi connectivity index (χ0n) is 9.72. The number of rotatable bonds is 3. The van der Waals surface area contributed by atoms with Gasteiger partial charge < -0.3 is 5.11 Å². The molecule has 1 aromatic rings. The number of nitrogens with zero attached hydrogens (tertiary/aromatic N) is 1. The van der Waals surface area contributed by atoms with Crippen molar-refractivity contribution >= 4 is 11.8 Å². The Bertz CT molecular complexity index is 319. The molecule has 16 heavy (non-hydrogen) atoms. The van der Waals surface area contributed by atoms with E-state index in [2.05, 4.69) is 4.98 Å². The first-order chi connectivity index (χ1) is 7.81. The molecule has 1 aliphatic carbocycles. The summed E-state index contributed by atoms with van der Waals surface area (Å²) in [5.41, 5.74) is 0.977. The molecule has 0 aliphatic heterocycles. The summed E-state index contributed by atoms with van der Waals surface area (Å²) in [6.07, 6.45) is 9.69. The normalized spacial score (nSPS) is 19.6. The van der Waals surface area contributed by atoms with Gasteiger partial charge in [0.2, 0.25) is 0 Å². The lowest BCUT2D eigenvalue weighted by atomic mass is 9.83. The third-order valence-corrected chi connectivity index (χ3v) is 4.07. The molecule has 1 fully saturated rings. The minimum absolute atomic E-state index is 0.316. The Balaban J connectivity index is 2.04. The molecule has 1 unspecified atom stereocenters. The van der Waals surface area contributed by atoms with E-state index in [1.165, 1.54) is 19.3 Å². The number of aliphatic hydroxyl groups excluding tert-OH is 1. The molecule has 1 atom stereocenters. The Morgan fingerprint density at radius 3 is 2.62 bits per heavy atom. The third-order valence-electron chi connectivity index (χ3n) is 3.41. The van der Waals surface area contributed by atoms with Crippen molar-refractivity contribution in [2.75, 3.05) is 6.26 Å². The maximum atomic E-state index is 10.3. The van der Waals surface area contributed by atoms with Gasteiger partial charge in [-0.25, -0.2) is 4.98 Å². The quantitative estimate of drug-likeness (QED) is 0.818. The molecular formula is C13H19NOS. The summed E-state index contributed by atoms with van der Waals surface area (Å²) in [5.74, 6) is 0.440. The first-order valence-corrected chi connectivity index (χ1v) is 7.21. The van der Waals surface area contributed by atoms with Gasteiger partial charge in [-0.05, 0) is 36.6 Å². The summed E-state index contributed by atoms with van der Waals surface area (Å²) in [5, 5.41) is 11.3. The van der Waals surface area contributed by atoms with Crippen LogP contribution in [0.25, 0.3) is 0 Å². The second-order valence-corrected chi connectivity index (χ2v) is 5.30. The van der Waals surface area contributed by atoms with Crippen LogP contribution in [0.3, 0.4) is 0 Å². The fourth-order valence-corrected chi connectivity index (χ4v) is 2.77. The van der Waals surface area contributed by atoms with E-state index in [-0.39, 0.29) is 6.10 Å². The molecule has 0 spiro atoms. The van der Waals surface area contributed by atoms with Crippen molar-refractivity contribution in [3.63, 3.8) is 0 Å². The van der Waals surface area contributed by atoms with Crippen molar-refractivity contribution in [2.24, 2.45) is 5.92 Å². The predicted octanol–water partition coefficient (Wildman–Crippen LogP) is 3.42. The van der Waals surface area contributed by atoms with Gasteiger partial charge in [0, 0.05) is 6.20 Å². The first-order valence-electron chi connectivity index (χ1n) is 5.99. The third kappa shape index (κ3) is 2.77. The molecule has 1 N–H and O–H groups in total. The average molecular weight is 237 g/mol. The average Bonchev–Trinajstić information content (AvgIpc) is 2.39. The van der Waals surface area contributed by atoms with Crippen LogP contribution in [-0.2, 0) is 0 Å². The molecule has 2 rings (SSSR count). The molecular weight excluding hydrogens is 218 g/mol. The minimum Gasteiger partial charge on any atom is -0.388 e. The zero-order chi connectivity index (χ0) is 11.4. The van der Waals surface area contributed by atoms with Crippen molar-refractivity contribution in [1.29, 1.82) is 0 Å². The van der Waals surface area contributed by atoms with Gasteiger partial charge in [-0.2, -0.15) is 0 Å². The Morgan fingerprint density at radius 1 is 1.31 bits per heavy atom. The van der Waals surface area contributed by atoms with Crippen LogP contribution < -0.4 is 0 Å². The van der Waals surface area contributed by atoms with E-state index in [4.69, 9.17) is 0 Å². The molecule has 1 heterocycles. The second kappa shape index (κ2) is 5.69. The molecule has 1 saturated carbocycles. The maximum Gasteiger partial charge on any atom is 0.0957 e. The fraction of sp³-hybridized carbons (Fsp3) is 0.615. The van der Waals surface area contributed by atoms with Crippen molar-refractivity contribution in [2.45, 2.75) is 43.2 Å². The summed E-state index contributed by atoms with van der Waals surface area (Å²) < 4.78 is 0. The van der Waals surface area contributed by atoms with E-state index in [1.54, 1.807) is 11.8 Å². The van der Waals surface area contributed by atoms with Gasteiger partial charge in [0.25, 0.3) is 0 Å². The summed E-state index contributed by atoms with van der Waals surface area (Å²) in [6, 6.07) is 4.00. The summed E-state index contributed by atoms with van der Waals surface area (Å²) in [6.45, 7) is 0. The lowest BCUT2D eigenvalue weighted by Gasteiger charge is -2.26. The highest BCUT2D eigenvalue weighted by Gasteiger charge is 2.23. The number of pyridine rings is 1. The largest absolute Gasteiger partial charge is 0.388 e. The number of hydrogen-bond acceptors (Lipinski definition) is 3. The molecule has 88 valence electrons. The second-order valence-electron chi connectivity index (χ2n) is 4.48. The summed E-state index contributed by atoms with van der Waals surface area (Å²) in [7, 11) is 0. The van der Waals surface area contributed by atoms with Gasteiger partial charge in [0.1, 0.15) is 0 Å². The SMILES string of the molecule is CSc1ccc(C(O)C2CCCCC2)cn1. The van der Waals surface area contributed by atoms with Gasteiger partial charge in [-0.3, -0.25) is 0 Å². The van der Waals surface area contributed by atoms with Crippen LogP contribution in [0, 0.1) is 5.92 Å². The Kier molecular flexibility index (Phi) is 4.24. The van der Waals surface area contributed by atoms with Gasteiger partial charge >= 0.3 is 0 Å². The Morgan fingerprint density at radius 2 is 2.06 bits per heavy atom. The molecule has 0 radical (unpaired) electrons. The highest BCUT2D eigenvalue weighted by atomic mass is 32.2. The summed E-state index contributed by atoms with van der Waals surface area (Å²) >= 11 is 1.63. The van der Waals surface area contributed by atoms with Crippen molar-refractivity contribution in [1.82, 2.24) is 4.98 Å². The van der Waals surface area contributed by atoms with Gasteiger partial charge in [0.15, 0.2) is 0 Å². The lowest BCUT2D eigenvalue weighted by Crippen LogP contribution is -2.16. The van der Waals surface area contributed by atoms with E-state index in [0.717, 1.165) is 23.4 Å². The van der Waals surface area contributed by atoms with Crippen LogP contribution in [0.5, 0.6) is 0 Å². The number of aliphatic hydroxyl groups is 1. The molecule has 1 aromatic heterocycles. The highest BCUT2D eigenvalue weighted by Crippen LogP contribution is 2.34. The molecule has 0 saturated heterocycles. The highest BCUT2D eigenvalue weighted by molar-refractivity contribution is 7.98. The molecule has 0 bridgehead atoms. The van der Waals surface area contributed by atoms with Crippen molar-refractivity contribution in [3.8, 4) is 0 Å². The molecule has 0 amide bonds. The van der Waals surface area contributed by atoms with Crippen LogP contribution in [0.4, 0.5) is 0 Å². The maximum absolute atomic E-state index is 10.3. The Labute approximate surface area is 101 Å². The van der Waals surface area contributed by atoms with Gasteiger partial charge in [0.05, 0.1) is 11.1 Å². The number of hydrogen-bond donors (Lipinski definition) is 1. The van der Waals surface area contributed by atoms with E-state index < -0.39 is 0 Å². The zero-order valence-corrected chi connectivity index (χ0v) is 10.5. The van der Waals surface area contributed by atoms with Crippen LogP contribution >= 0.6 is 11.8 Å². The van der Waals surface area contributed by atoms with E-state index in [9.17, 15) is 5.11 Å². The lowest BCUT2D eigenvalue weighted by molar-refractivity contribution is 0.0845. The van der Waals surface area contributed by atoms with E-state index in [1.807, 2.05) is 24.6 Å². The van der Waals surface area contributed by atoms with Crippen LogP contribution in [-0.4, -0.2) is 16.3 Å². The van der Waals surface area contributed by atoms with Crippen LogP contribution in [0.2, 0.25) is 0 Å². The van der Waals surface area contributed by atoms with Crippen LogP contribution in [0.1, 0.15) is 43.8 Å². The van der Waals surface area contributed by atoms with Crippen molar-refractivity contribution < 1.29 is 5.11 Å². The van der Waals surface area contributed by atoms with Gasteiger partial charge in [-0.1, -0.05) is 25.3 Å².